The van der Waals surface area contributed by atoms with Crippen LogP contribution in [0, 0.1) is 12.8 Å². The molecule has 0 spiro atoms. The van der Waals surface area contributed by atoms with E-state index < -0.39 is 9.84 Å². The number of sulfone groups is 1. The van der Waals surface area contributed by atoms with Crippen molar-refractivity contribution in [3.8, 4) is 0 Å². The molecule has 1 aromatic rings. The summed E-state index contributed by atoms with van der Waals surface area (Å²) in [7, 11) is -3.24. The number of benzene rings is 1. The van der Waals surface area contributed by atoms with Crippen LogP contribution in [0.25, 0.3) is 0 Å². The topological polar surface area (TPSA) is 51.2 Å². The Morgan fingerprint density at radius 3 is 2.44 bits per heavy atom. The fraction of sp³-hybridized carbons (Fsp3) is 0.500. The standard InChI is InChI=1S/C14H18O3S/c1-11-5-7-13(8-6-11)18(16,17)10-9-12-3-2-4-14(12)15/h5-8,12H,2-4,9-10H2,1H3. The van der Waals surface area contributed by atoms with Gasteiger partial charge in [-0.25, -0.2) is 8.42 Å². The van der Waals surface area contributed by atoms with E-state index in [1.54, 1.807) is 24.3 Å². The third-order valence-corrected chi connectivity index (χ3v) is 5.31. The zero-order chi connectivity index (χ0) is 13.2. The molecule has 0 bridgehead atoms. The second kappa shape index (κ2) is 5.22. The van der Waals surface area contributed by atoms with Crippen LogP contribution >= 0.6 is 0 Å². The van der Waals surface area contributed by atoms with Crippen LogP contribution in [0.4, 0.5) is 0 Å². The van der Waals surface area contributed by atoms with Crippen LogP contribution in [0.2, 0.25) is 0 Å². The first kappa shape index (κ1) is 13.3. The Bertz CT molecular complexity index is 529. The number of aryl methyl sites for hydroxylation is 1. The van der Waals surface area contributed by atoms with E-state index in [-0.39, 0.29) is 17.5 Å². The van der Waals surface area contributed by atoms with Crippen molar-refractivity contribution in [2.75, 3.05) is 5.75 Å². The van der Waals surface area contributed by atoms with Crippen molar-refractivity contribution in [1.82, 2.24) is 0 Å². The van der Waals surface area contributed by atoms with E-state index in [1.807, 2.05) is 6.92 Å². The van der Waals surface area contributed by atoms with E-state index >= 15 is 0 Å². The molecule has 1 unspecified atom stereocenters. The van der Waals surface area contributed by atoms with Crippen molar-refractivity contribution in [2.24, 2.45) is 5.92 Å². The Hall–Kier alpha value is -1.16. The fourth-order valence-corrected chi connectivity index (χ4v) is 3.74. The van der Waals surface area contributed by atoms with Gasteiger partial charge in [-0.3, -0.25) is 4.79 Å². The van der Waals surface area contributed by atoms with Gasteiger partial charge in [0.15, 0.2) is 9.84 Å². The average molecular weight is 266 g/mol. The second-order valence-corrected chi connectivity index (χ2v) is 7.09. The maximum Gasteiger partial charge on any atom is 0.178 e. The number of hydrogen-bond donors (Lipinski definition) is 0. The van der Waals surface area contributed by atoms with E-state index in [4.69, 9.17) is 0 Å². The summed E-state index contributed by atoms with van der Waals surface area (Å²) in [4.78, 5) is 11.8. The van der Waals surface area contributed by atoms with Crippen molar-refractivity contribution in [3.63, 3.8) is 0 Å². The molecule has 3 nitrogen and oxygen atoms in total. The van der Waals surface area contributed by atoms with Crippen molar-refractivity contribution < 1.29 is 13.2 Å². The zero-order valence-electron chi connectivity index (χ0n) is 10.6. The van der Waals surface area contributed by atoms with Gasteiger partial charge in [0.1, 0.15) is 5.78 Å². The number of hydrogen-bond acceptors (Lipinski definition) is 3. The molecule has 1 saturated carbocycles. The summed E-state index contributed by atoms with van der Waals surface area (Å²) in [6.07, 6.45) is 2.85. The van der Waals surface area contributed by atoms with Crippen molar-refractivity contribution in [2.45, 2.75) is 37.5 Å². The predicted octanol–water partition coefficient (Wildman–Crippen LogP) is 2.53. The quantitative estimate of drug-likeness (QED) is 0.841. The lowest BCUT2D eigenvalue weighted by Crippen LogP contribution is -2.14. The molecule has 0 aliphatic heterocycles. The minimum Gasteiger partial charge on any atom is -0.299 e. The highest BCUT2D eigenvalue weighted by molar-refractivity contribution is 7.91. The molecule has 0 radical (unpaired) electrons. The lowest BCUT2D eigenvalue weighted by atomic mass is 10.1. The Morgan fingerprint density at radius 1 is 1.22 bits per heavy atom. The monoisotopic (exact) mass is 266 g/mol. The van der Waals surface area contributed by atoms with Crippen molar-refractivity contribution in [3.05, 3.63) is 29.8 Å². The molecular weight excluding hydrogens is 248 g/mol. The molecule has 4 heteroatoms. The lowest BCUT2D eigenvalue weighted by molar-refractivity contribution is -0.120. The number of carbonyl (C=O) groups is 1. The summed E-state index contributed by atoms with van der Waals surface area (Å²) in [6, 6.07) is 6.88. The van der Waals surface area contributed by atoms with E-state index in [9.17, 15) is 13.2 Å². The van der Waals surface area contributed by atoms with Gasteiger partial charge >= 0.3 is 0 Å². The van der Waals surface area contributed by atoms with Gasteiger partial charge in [-0.1, -0.05) is 17.7 Å². The van der Waals surface area contributed by atoms with Crippen LogP contribution in [-0.4, -0.2) is 20.0 Å². The minimum absolute atomic E-state index is 0.0368. The van der Waals surface area contributed by atoms with Gasteiger partial charge in [0.05, 0.1) is 10.6 Å². The summed E-state index contributed by atoms with van der Waals surface area (Å²) in [5.41, 5.74) is 1.04. The van der Waals surface area contributed by atoms with Gasteiger partial charge in [-0.15, -0.1) is 0 Å². The van der Waals surface area contributed by atoms with Crippen LogP contribution < -0.4 is 0 Å². The van der Waals surface area contributed by atoms with Crippen LogP contribution in [0.3, 0.4) is 0 Å². The van der Waals surface area contributed by atoms with Gasteiger partial charge in [0, 0.05) is 12.3 Å². The number of rotatable bonds is 4. The first-order valence-electron chi connectivity index (χ1n) is 6.31. The van der Waals surface area contributed by atoms with Gasteiger partial charge in [0.2, 0.25) is 0 Å². The first-order chi connectivity index (χ1) is 8.49. The molecular formula is C14H18O3S. The molecule has 1 aromatic carbocycles. The largest absolute Gasteiger partial charge is 0.299 e. The lowest BCUT2D eigenvalue weighted by Gasteiger charge is -2.08. The fourth-order valence-electron chi connectivity index (χ4n) is 2.35. The van der Waals surface area contributed by atoms with Gasteiger partial charge in [0.25, 0.3) is 0 Å². The van der Waals surface area contributed by atoms with Crippen LogP contribution in [0.5, 0.6) is 0 Å². The molecule has 18 heavy (non-hydrogen) atoms. The summed E-state index contributed by atoms with van der Waals surface area (Å²) in [5, 5.41) is 0. The molecule has 1 fully saturated rings. The molecule has 1 aliphatic carbocycles. The highest BCUT2D eigenvalue weighted by atomic mass is 32.2. The molecule has 98 valence electrons. The maximum absolute atomic E-state index is 12.1. The highest BCUT2D eigenvalue weighted by Gasteiger charge is 2.26. The molecule has 1 aliphatic rings. The number of ketones is 1. The summed E-state index contributed by atoms with van der Waals surface area (Å²) in [5.74, 6) is 0.270. The average Bonchev–Trinajstić information content (AvgIpc) is 2.73. The molecule has 0 heterocycles. The molecule has 0 aromatic heterocycles. The molecule has 1 atom stereocenters. The Labute approximate surface area is 108 Å². The van der Waals surface area contributed by atoms with E-state index in [0.29, 0.717) is 17.7 Å². The second-order valence-electron chi connectivity index (χ2n) is 4.98. The Balaban J connectivity index is 2.03. The normalized spacial score (nSPS) is 20.3. The van der Waals surface area contributed by atoms with Crippen LogP contribution in [0.15, 0.2) is 29.2 Å². The van der Waals surface area contributed by atoms with Gasteiger partial charge in [-0.05, 0) is 38.3 Å². The molecule has 0 saturated heterocycles. The highest BCUT2D eigenvalue weighted by Crippen LogP contribution is 2.25. The third-order valence-electron chi connectivity index (χ3n) is 3.55. The first-order valence-corrected chi connectivity index (χ1v) is 7.96. The Morgan fingerprint density at radius 2 is 1.89 bits per heavy atom. The predicted molar refractivity (Wildman–Crippen MR) is 70.2 cm³/mol. The Kier molecular flexibility index (Phi) is 3.85. The van der Waals surface area contributed by atoms with E-state index in [1.165, 1.54) is 0 Å². The summed E-state index contributed by atoms with van der Waals surface area (Å²) < 4.78 is 24.2. The van der Waals surface area contributed by atoms with Crippen molar-refractivity contribution >= 4 is 15.6 Å². The number of Topliss-reactive ketones (excluding diaryl/α,β-unsaturated/α-hetero) is 1. The molecule has 2 rings (SSSR count). The van der Waals surface area contributed by atoms with Gasteiger partial charge < -0.3 is 0 Å². The summed E-state index contributed by atoms with van der Waals surface area (Å²) in [6.45, 7) is 1.92. The zero-order valence-corrected chi connectivity index (χ0v) is 11.4. The number of carbonyl (C=O) groups excluding carboxylic acids is 1. The maximum atomic E-state index is 12.1. The van der Waals surface area contributed by atoms with Crippen LogP contribution in [0.1, 0.15) is 31.2 Å². The van der Waals surface area contributed by atoms with Gasteiger partial charge in [-0.2, -0.15) is 0 Å². The van der Waals surface area contributed by atoms with E-state index in [2.05, 4.69) is 0 Å². The van der Waals surface area contributed by atoms with Crippen molar-refractivity contribution in [1.29, 1.82) is 0 Å². The molecule has 0 N–H and O–H groups in total. The SMILES string of the molecule is Cc1ccc(S(=O)(=O)CCC2CCCC2=O)cc1. The minimum atomic E-state index is -3.24. The van der Waals surface area contributed by atoms with E-state index in [0.717, 1.165) is 18.4 Å². The smallest absolute Gasteiger partial charge is 0.178 e. The third kappa shape index (κ3) is 2.99. The van der Waals surface area contributed by atoms with Crippen LogP contribution in [-0.2, 0) is 14.6 Å². The summed E-state index contributed by atoms with van der Waals surface area (Å²) >= 11 is 0. The molecule has 0 amide bonds.